The number of anilines is 1. The third-order valence-electron chi connectivity index (χ3n) is 2.66. The molecule has 0 aliphatic heterocycles. The van der Waals surface area contributed by atoms with Gasteiger partial charge < -0.3 is 10.2 Å². The van der Waals surface area contributed by atoms with Crippen LogP contribution in [0.1, 0.15) is 12.0 Å². The standard InChI is InChI=1S/C12H19N3O2/c1-10-5-6-11(15(16)17)12(9-10)14(3)8-4-7-13-2/h5-6,9,13H,4,7-8H2,1-3H3. The normalized spacial score (nSPS) is 10.3. The number of hydrogen-bond donors (Lipinski definition) is 1. The van der Waals surface area contributed by atoms with Gasteiger partial charge in [-0.1, -0.05) is 6.07 Å². The van der Waals surface area contributed by atoms with E-state index in [1.54, 1.807) is 12.1 Å². The van der Waals surface area contributed by atoms with Crippen molar-refractivity contribution < 1.29 is 4.92 Å². The molecule has 94 valence electrons. The zero-order valence-electron chi connectivity index (χ0n) is 10.6. The van der Waals surface area contributed by atoms with Gasteiger partial charge in [0, 0.05) is 19.7 Å². The van der Waals surface area contributed by atoms with Crippen LogP contribution in [0.3, 0.4) is 0 Å². The number of benzene rings is 1. The molecule has 0 aliphatic carbocycles. The topological polar surface area (TPSA) is 58.4 Å². The van der Waals surface area contributed by atoms with Gasteiger partial charge in [0.25, 0.3) is 5.69 Å². The summed E-state index contributed by atoms with van der Waals surface area (Å²) in [5.74, 6) is 0. The van der Waals surface area contributed by atoms with Crippen molar-refractivity contribution in [1.29, 1.82) is 0 Å². The lowest BCUT2D eigenvalue weighted by Gasteiger charge is -2.19. The van der Waals surface area contributed by atoms with Crippen LogP contribution in [0.2, 0.25) is 0 Å². The van der Waals surface area contributed by atoms with Crippen molar-refractivity contribution >= 4 is 11.4 Å². The Bertz CT molecular complexity index is 393. The molecule has 1 rings (SSSR count). The van der Waals surface area contributed by atoms with Crippen molar-refractivity contribution in [3.63, 3.8) is 0 Å². The van der Waals surface area contributed by atoms with Crippen molar-refractivity contribution in [1.82, 2.24) is 5.32 Å². The summed E-state index contributed by atoms with van der Waals surface area (Å²) < 4.78 is 0. The van der Waals surface area contributed by atoms with Gasteiger partial charge in [0.05, 0.1) is 4.92 Å². The summed E-state index contributed by atoms with van der Waals surface area (Å²) in [6, 6.07) is 5.19. The number of nitrogens with one attached hydrogen (secondary N) is 1. The minimum absolute atomic E-state index is 0.169. The predicted molar refractivity (Wildman–Crippen MR) is 69.6 cm³/mol. The summed E-state index contributed by atoms with van der Waals surface area (Å²) in [6.45, 7) is 3.64. The van der Waals surface area contributed by atoms with E-state index in [0.717, 1.165) is 25.1 Å². The average molecular weight is 237 g/mol. The highest BCUT2D eigenvalue weighted by molar-refractivity contribution is 5.64. The Hall–Kier alpha value is -1.62. The summed E-state index contributed by atoms with van der Waals surface area (Å²) in [7, 11) is 3.78. The molecule has 5 heteroatoms. The first-order valence-electron chi connectivity index (χ1n) is 5.67. The first kappa shape index (κ1) is 13.4. The number of nitrogens with zero attached hydrogens (tertiary/aromatic N) is 2. The zero-order chi connectivity index (χ0) is 12.8. The molecule has 0 spiro atoms. The molecule has 0 saturated carbocycles. The lowest BCUT2D eigenvalue weighted by molar-refractivity contribution is -0.384. The molecule has 0 atom stereocenters. The van der Waals surface area contributed by atoms with Crippen LogP contribution in [0.25, 0.3) is 0 Å². The summed E-state index contributed by atoms with van der Waals surface area (Å²) >= 11 is 0. The molecule has 0 saturated heterocycles. The maximum absolute atomic E-state index is 10.9. The zero-order valence-corrected chi connectivity index (χ0v) is 10.6. The molecule has 5 nitrogen and oxygen atoms in total. The van der Waals surface area contributed by atoms with Crippen molar-refractivity contribution in [2.75, 3.05) is 32.1 Å². The molecule has 1 aromatic carbocycles. The molecule has 1 aromatic rings. The number of nitro groups is 1. The van der Waals surface area contributed by atoms with E-state index in [0.29, 0.717) is 5.69 Å². The molecule has 0 unspecified atom stereocenters. The Labute approximate surface area is 102 Å². The van der Waals surface area contributed by atoms with Crippen LogP contribution in [-0.2, 0) is 0 Å². The fraction of sp³-hybridized carbons (Fsp3) is 0.500. The fourth-order valence-electron chi connectivity index (χ4n) is 1.71. The van der Waals surface area contributed by atoms with Gasteiger partial charge in [-0.15, -0.1) is 0 Å². The van der Waals surface area contributed by atoms with Crippen LogP contribution >= 0.6 is 0 Å². The second-order valence-electron chi connectivity index (χ2n) is 4.13. The lowest BCUT2D eigenvalue weighted by Crippen LogP contribution is -2.23. The smallest absolute Gasteiger partial charge is 0.292 e. The number of aryl methyl sites for hydroxylation is 1. The Morgan fingerprint density at radius 2 is 2.18 bits per heavy atom. The lowest BCUT2D eigenvalue weighted by atomic mass is 10.1. The second kappa shape index (κ2) is 6.20. The summed E-state index contributed by atoms with van der Waals surface area (Å²) in [5, 5.41) is 14.0. The van der Waals surface area contributed by atoms with Gasteiger partial charge in [0.1, 0.15) is 5.69 Å². The summed E-state index contributed by atoms with van der Waals surface area (Å²) in [4.78, 5) is 12.5. The van der Waals surface area contributed by atoms with E-state index in [4.69, 9.17) is 0 Å². The Morgan fingerprint density at radius 1 is 1.47 bits per heavy atom. The first-order chi connectivity index (χ1) is 8.06. The van der Waals surface area contributed by atoms with E-state index in [1.165, 1.54) is 0 Å². The largest absolute Gasteiger partial charge is 0.369 e. The third kappa shape index (κ3) is 3.71. The van der Waals surface area contributed by atoms with Crippen LogP contribution in [-0.4, -0.2) is 32.1 Å². The summed E-state index contributed by atoms with van der Waals surface area (Å²) in [5.41, 5.74) is 1.89. The van der Waals surface area contributed by atoms with Crippen molar-refractivity contribution in [2.24, 2.45) is 0 Å². The van der Waals surface area contributed by atoms with Crippen molar-refractivity contribution in [3.05, 3.63) is 33.9 Å². The molecule has 0 radical (unpaired) electrons. The number of hydrogen-bond acceptors (Lipinski definition) is 4. The molecule has 0 heterocycles. The molecule has 17 heavy (non-hydrogen) atoms. The maximum Gasteiger partial charge on any atom is 0.292 e. The minimum Gasteiger partial charge on any atom is -0.369 e. The highest BCUT2D eigenvalue weighted by Crippen LogP contribution is 2.28. The molecule has 0 amide bonds. The first-order valence-corrected chi connectivity index (χ1v) is 5.67. The van der Waals surface area contributed by atoms with Gasteiger partial charge in [-0.2, -0.15) is 0 Å². The molecule has 0 fully saturated rings. The SMILES string of the molecule is CNCCCN(C)c1cc(C)ccc1[N+](=O)[O-]. The van der Waals surface area contributed by atoms with Crippen LogP contribution in [0, 0.1) is 17.0 Å². The monoisotopic (exact) mass is 237 g/mol. The molecule has 0 aromatic heterocycles. The van der Waals surface area contributed by atoms with E-state index in [9.17, 15) is 10.1 Å². The molecule has 1 N–H and O–H groups in total. The van der Waals surface area contributed by atoms with E-state index in [2.05, 4.69) is 5.32 Å². The van der Waals surface area contributed by atoms with Gasteiger partial charge in [0.2, 0.25) is 0 Å². The van der Waals surface area contributed by atoms with Crippen molar-refractivity contribution in [2.45, 2.75) is 13.3 Å². The fourth-order valence-corrected chi connectivity index (χ4v) is 1.71. The van der Waals surface area contributed by atoms with Gasteiger partial charge in [-0.05, 0) is 38.6 Å². The quantitative estimate of drug-likeness (QED) is 0.467. The van der Waals surface area contributed by atoms with Crippen LogP contribution < -0.4 is 10.2 Å². The summed E-state index contributed by atoms with van der Waals surface area (Å²) in [6.07, 6.45) is 0.956. The van der Waals surface area contributed by atoms with E-state index in [-0.39, 0.29) is 10.6 Å². The van der Waals surface area contributed by atoms with Crippen LogP contribution in [0.15, 0.2) is 18.2 Å². The predicted octanol–water partition coefficient (Wildman–Crippen LogP) is 1.95. The van der Waals surface area contributed by atoms with Crippen molar-refractivity contribution in [3.8, 4) is 0 Å². The third-order valence-corrected chi connectivity index (χ3v) is 2.66. The Balaban J connectivity index is 2.86. The highest BCUT2D eigenvalue weighted by atomic mass is 16.6. The average Bonchev–Trinajstić information content (AvgIpc) is 2.28. The van der Waals surface area contributed by atoms with Crippen LogP contribution in [0.5, 0.6) is 0 Å². The second-order valence-corrected chi connectivity index (χ2v) is 4.13. The Morgan fingerprint density at radius 3 is 2.76 bits per heavy atom. The van der Waals surface area contributed by atoms with Gasteiger partial charge in [-0.3, -0.25) is 10.1 Å². The highest BCUT2D eigenvalue weighted by Gasteiger charge is 2.16. The maximum atomic E-state index is 10.9. The van der Waals surface area contributed by atoms with Gasteiger partial charge in [0.15, 0.2) is 0 Å². The molecular formula is C12H19N3O2. The molecule has 0 bridgehead atoms. The molecule has 0 aliphatic rings. The van der Waals surface area contributed by atoms with E-state index >= 15 is 0 Å². The van der Waals surface area contributed by atoms with Gasteiger partial charge in [-0.25, -0.2) is 0 Å². The minimum atomic E-state index is -0.330. The number of nitro benzene ring substituents is 1. The number of rotatable bonds is 6. The van der Waals surface area contributed by atoms with E-state index < -0.39 is 0 Å². The Kier molecular flexibility index (Phi) is 4.90. The molecular weight excluding hydrogens is 218 g/mol. The van der Waals surface area contributed by atoms with Crippen LogP contribution in [0.4, 0.5) is 11.4 Å². The van der Waals surface area contributed by atoms with Gasteiger partial charge >= 0.3 is 0 Å². The van der Waals surface area contributed by atoms with E-state index in [1.807, 2.05) is 32.0 Å².